The van der Waals surface area contributed by atoms with E-state index in [1.165, 1.54) is 19.2 Å². The van der Waals surface area contributed by atoms with Crippen molar-refractivity contribution in [2.75, 3.05) is 7.11 Å². The van der Waals surface area contributed by atoms with Crippen LogP contribution in [0.5, 0.6) is 5.75 Å². The van der Waals surface area contributed by atoms with Crippen molar-refractivity contribution in [2.45, 2.75) is 5.51 Å². The van der Waals surface area contributed by atoms with Gasteiger partial charge in [-0.25, -0.2) is 4.79 Å². The van der Waals surface area contributed by atoms with Gasteiger partial charge in [0, 0.05) is 5.56 Å². The van der Waals surface area contributed by atoms with Crippen LogP contribution in [0.15, 0.2) is 35.7 Å². The third kappa shape index (κ3) is 3.64. The second kappa shape index (κ2) is 6.20. The van der Waals surface area contributed by atoms with Crippen LogP contribution in [-0.4, -0.2) is 27.0 Å². The highest BCUT2D eigenvalue weighted by Crippen LogP contribution is 2.33. The van der Waals surface area contributed by atoms with Gasteiger partial charge < -0.3 is 8.92 Å². The number of hydrogen-bond donors (Lipinski definition) is 0. The van der Waals surface area contributed by atoms with E-state index in [0.29, 0.717) is 11.1 Å². The Hall–Kier alpha value is -2.07. The van der Waals surface area contributed by atoms with Gasteiger partial charge in [-0.1, -0.05) is 12.1 Å². The van der Waals surface area contributed by atoms with E-state index in [4.69, 9.17) is 0 Å². The van der Waals surface area contributed by atoms with Crippen LogP contribution < -0.4 is 4.18 Å². The molecule has 2 rings (SSSR count). The highest BCUT2D eigenvalue weighted by Gasteiger charge is 2.48. The lowest BCUT2D eigenvalue weighted by Gasteiger charge is -2.10. The quantitative estimate of drug-likeness (QED) is 0.471. The van der Waals surface area contributed by atoms with Crippen LogP contribution in [0.3, 0.4) is 0 Å². The second-order valence-electron chi connectivity index (χ2n) is 4.17. The number of esters is 1. The molecule has 0 spiro atoms. The Kier molecular flexibility index (Phi) is 4.66. The minimum Gasteiger partial charge on any atom is -0.465 e. The summed E-state index contributed by atoms with van der Waals surface area (Å²) in [4.78, 5) is 11.9. The van der Waals surface area contributed by atoms with Crippen LogP contribution in [0, 0.1) is 0 Å². The Bertz CT molecular complexity index is 824. The fraction of sp³-hybridized carbons (Fsp3) is 0.154. The molecule has 2 aromatic rings. The maximum absolute atomic E-state index is 12.3. The normalized spacial score (nSPS) is 12.0. The van der Waals surface area contributed by atoms with Crippen LogP contribution in [-0.2, 0) is 14.9 Å². The zero-order valence-electron chi connectivity index (χ0n) is 11.5. The van der Waals surface area contributed by atoms with E-state index in [1.54, 1.807) is 11.4 Å². The number of carbonyl (C=O) groups excluding carboxylic acids is 1. The summed E-state index contributed by atoms with van der Waals surface area (Å²) >= 11 is 1.09. The van der Waals surface area contributed by atoms with Gasteiger partial charge in [-0.2, -0.15) is 21.6 Å². The van der Waals surface area contributed by atoms with Crippen LogP contribution in [0.4, 0.5) is 13.2 Å². The molecule has 1 aromatic heterocycles. The van der Waals surface area contributed by atoms with Crippen LogP contribution >= 0.6 is 11.3 Å². The van der Waals surface area contributed by atoms with E-state index in [-0.39, 0.29) is 4.88 Å². The number of hydrogen-bond acceptors (Lipinski definition) is 6. The molecule has 0 atom stereocenters. The topological polar surface area (TPSA) is 69.7 Å². The molecule has 0 saturated heterocycles. The molecule has 0 N–H and O–H groups in total. The zero-order chi connectivity index (χ0) is 17.3. The number of thiophene rings is 1. The van der Waals surface area contributed by atoms with Crippen LogP contribution in [0.1, 0.15) is 9.67 Å². The van der Waals surface area contributed by atoms with E-state index in [2.05, 4.69) is 8.92 Å². The monoisotopic (exact) mass is 366 g/mol. The maximum atomic E-state index is 12.3. The lowest BCUT2D eigenvalue weighted by molar-refractivity contribution is -0.0500. The van der Waals surface area contributed by atoms with Crippen molar-refractivity contribution in [3.05, 3.63) is 40.6 Å². The third-order valence-corrected chi connectivity index (χ3v) is 4.54. The molecule has 0 aliphatic carbocycles. The molecule has 0 aliphatic heterocycles. The standard InChI is InChI=1S/C13H9F3O5S2/c1-20-12(17)11-10(5-6-22-11)8-3-2-4-9(7-8)21-23(18,19)13(14,15)16/h2-7H,1H3. The Morgan fingerprint density at radius 1 is 1.22 bits per heavy atom. The first-order valence-electron chi connectivity index (χ1n) is 5.92. The molecule has 1 heterocycles. The van der Waals surface area contributed by atoms with E-state index >= 15 is 0 Å². The van der Waals surface area contributed by atoms with Crippen LogP contribution in [0.25, 0.3) is 11.1 Å². The van der Waals surface area contributed by atoms with E-state index in [0.717, 1.165) is 23.5 Å². The molecule has 0 aliphatic rings. The summed E-state index contributed by atoms with van der Waals surface area (Å²) in [5.41, 5.74) is -4.80. The van der Waals surface area contributed by atoms with Gasteiger partial charge in [0.25, 0.3) is 0 Å². The Labute approximate surface area is 133 Å². The van der Waals surface area contributed by atoms with Crippen LogP contribution in [0.2, 0.25) is 0 Å². The first-order valence-corrected chi connectivity index (χ1v) is 8.21. The molecular formula is C13H9F3O5S2. The number of carbonyl (C=O) groups is 1. The molecule has 0 bridgehead atoms. The summed E-state index contributed by atoms with van der Waals surface area (Å²) in [5.74, 6) is -1.12. The first-order chi connectivity index (χ1) is 10.7. The van der Waals surface area contributed by atoms with Gasteiger partial charge in [0.05, 0.1) is 7.11 Å². The van der Waals surface area contributed by atoms with E-state index < -0.39 is 27.3 Å². The molecule has 23 heavy (non-hydrogen) atoms. The van der Waals surface area contributed by atoms with Crippen molar-refractivity contribution in [2.24, 2.45) is 0 Å². The van der Waals surface area contributed by atoms with Gasteiger partial charge in [0.15, 0.2) is 0 Å². The summed E-state index contributed by atoms with van der Waals surface area (Å²) < 4.78 is 67.7. The van der Waals surface area contributed by atoms with Gasteiger partial charge in [0.1, 0.15) is 10.6 Å². The number of rotatable bonds is 4. The predicted octanol–water partition coefficient (Wildman–Crippen LogP) is 3.43. The number of halogens is 3. The van der Waals surface area contributed by atoms with Crippen molar-refractivity contribution < 1.29 is 35.3 Å². The lowest BCUT2D eigenvalue weighted by Crippen LogP contribution is -2.28. The molecule has 10 heteroatoms. The molecule has 0 amide bonds. The van der Waals surface area contributed by atoms with Gasteiger partial charge in [-0.3, -0.25) is 0 Å². The molecule has 0 unspecified atom stereocenters. The Morgan fingerprint density at radius 2 is 1.91 bits per heavy atom. The van der Waals surface area contributed by atoms with E-state index in [9.17, 15) is 26.4 Å². The van der Waals surface area contributed by atoms with Gasteiger partial charge in [-0.15, -0.1) is 11.3 Å². The number of methoxy groups -OCH3 is 1. The molecule has 5 nitrogen and oxygen atoms in total. The summed E-state index contributed by atoms with van der Waals surface area (Å²) in [7, 11) is -4.56. The minimum atomic E-state index is -5.76. The van der Waals surface area contributed by atoms with Crippen molar-refractivity contribution in [1.29, 1.82) is 0 Å². The van der Waals surface area contributed by atoms with Crippen molar-refractivity contribution in [3.8, 4) is 16.9 Å². The average molecular weight is 366 g/mol. The summed E-state index contributed by atoms with van der Waals surface area (Å²) in [5, 5.41) is 1.60. The van der Waals surface area contributed by atoms with Crippen molar-refractivity contribution >= 4 is 27.4 Å². The van der Waals surface area contributed by atoms with Crippen molar-refractivity contribution in [3.63, 3.8) is 0 Å². The van der Waals surface area contributed by atoms with Crippen molar-refractivity contribution in [1.82, 2.24) is 0 Å². The minimum absolute atomic E-state index is 0.239. The molecule has 0 saturated carbocycles. The highest BCUT2D eigenvalue weighted by molar-refractivity contribution is 7.88. The SMILES string of the molecule is COC(=O)c1sccc1-c1cccc(OS(=O)(=O)C(F)(F)F)c1. The lowest BCUT2D eigenvalue weighted by atomic mass is 10.1. The highest BCUT2D eigenvalue weighted by atomic mass is 32.2. The fourth-order valence-electron chi connectivity index (χ4n) is 1.68. The zero-order valence-corrected chi connectivity index (χ0v) is 13.1. The smallest absolute Gasteiger partial charge is 0.465 e. The maximum Gasteiger partial charge on any atom is 0.534 e. The average Bonchev–Trinajstić information content (AvgIpc) is 2.94. The molecule has 0 radical (unpaired) electrons. The fourth-order valence-corrected chi connectivity index (χ4v) is 2.96. The summed E-state index contributed by atoms with van der Waals surface area (Å²) in [6, 6.07) is 6.54. The Morgan fingerprint density at radius 3 is 2.52 bits per heavy atom. The second-order valence-corrected chi connectivity index (χ2v) is 6.62. The largest absolute Gasteiger partial charge is 0.534 e. The Balaban J connectivity index is 2.39. The molecule has 124 valence electrons. The van der Waals surface area contributed by atoms with Gasteiger partial charge >= 0.3 is 21.6 Å². The third-order valence-electron chi connectivity index (χ3n) is 2.67. The van der Waals surface area contributed by atoms with Gasteiger partial charge in [-0.05, 0) is 29.1 Å². The molecule has 0 fully saturated rings. The van der Waals surface area contributed by atoms with E-state index in [1.807, 2.05) is 0 Å². The molecule has 1 aromatic carbocycles. The summed E-state index contributed by atoms with van der Waals surface area (Å²) in [6.07, 6.45) is 0. The number of ether oxygens (including phenoxy) is 1. The van der Waals surface area contributed by atoms with Gasteiger partial charge in [0.2, 0.25) is 0 Å². The molecular weight excluding hydrogens is 357 g/mol. The number of alkyl halides is 3. The summed E-state index contributed by atoms with van der Waals surface area (Å²) in [6.45, 7) is 0. The first kappa shape index (κ1) is 17.3. The predicted molar refractivity (Wildman–Crippen MR) is 76.7 cm³/mol. The number of benzene rings is 1.